The van der Waals surface area contributed by atoms with E-state index in [0.717, 1.165) is 4.90 Å². The molecule has 1 aromatic carbocycles. The standard InChI is InChI=1S/C20H19F3N4O3S/c1-12(28)25-16-10-24-9-8-13(16)11-26-18(30)27(17(29)19(26,2)3)14-4-6-15(7-5-14)31-20(21,22)23/h4-10H,11H2,1-3H3,(H,25,28). The Hall–Kier alpha value is -3.08. The second kappa shape index (κ2) is 8.22. The van der Waals surface area contributed by atoms with Gasteiger partial charge < -0.3 is 10.2 Å². The number of carbonyl (C=O) groups is 3. The maximum Gasteiger partial charge on any atom is 0.446 e. The molecule has 164 valence electrons. The SMILES string of the molecule is CC(=O)Nc1cnccc1CN1C(=O)N(c2ccc(SC(F)(F)F)cc2)C(=O)C1(C)C. The van der Waals surface area contributed by atoms with Crippen molar-refractivity contribution in [1.29, 1.82) is 0 Å². The van der Waals surface area contributed by atoms with Gasteiger partial charge in [-0.1, -0.05) is 0 Å². The second-order valence-corrected chi connectivity index (χ2v) is 8.46. The van der Waals surface area contributed by atoms with E-state index in [4.69, 9.17) is 0 Å². The fourth-order valence-electron chi connectivity index (χ4n) is 3.16. The fraction of sp³-hybridized carbons (Fsp3) is 0.300. The van der Waals surface area contributed by atoms with Crippen molar-refractivity contribution in [3.8, 4) is 0 Å². The number of aromatic nitrogens is 1. The zero-order valence-electron chi connectivity index (χ0n) is 16.9. The van der Waals surface area contributed by atoms with Gasteiger partial charge in [0.1, 0.15) is 5.54 Å². The summed E-state index contributed by atoms with van der Waals surface area (Å²) in [5.74, 6) is -0.820. The normalized spacial score (nSPS) is 16.1. The minimum Gasteiger partial charge on any atom is -0.325 e. The number of nitrogens with zero attached hydrogens (tertiary/aromatic N) is 3. The highest BCUT2D eigenvalue weighted by atomic mass is 32.2. The van der Waals surface area contributed by atoms with Gasteiger partial charge in [0.25, 0.3) is 5.91 Å². The number of amides is 4. The summed E-state index contributed by atoms with van der Waals surface area (Å²) >= 11 is -0.277. The Morgan fingerprint density at radius 3 is 2.39 bits per heavy atom. The third kappa shape index (κ3) is 4.82. The lowest BCUT2D eigenvalue weighted by Crippen LogP contribution is -2.43. The quantitative estimate of drug-likeness (QED) is 0.537. The molecule has 0 radical (unpaired) electrons. The van der Waals surface area contributed by atoms with Crippen molar-refractivity contribution in [2.75, 3.05) is 10.2 Å². The van der Waals surface area contributed by atoms with Crippen LogP contribution >= 0.6 is 11.8 Å². The topological polar surface area (TPSA) is 82.6 Å². The first kappa shape index (κ1) is 22.6. The van der Waals surface area contributed by atoms with Gasteiger partial charge >= 0.3 is 11.5 Å². The molecule has 31 heavy (non-hydrogen) atoms. The molecule has 0 atom stereocenters. The predicted molar refractivity (Wildman–Crippen MR) is 109 cm³/mol. The Balaban J connectivity index is 1.88. The molecular formula is C20H19F3N4O3S. The Bertz CT molecular complexity index is 1030. The zero-order chi connectivity index (χ0) is 23.0. The van der Waals surface area contributed by atoms with Crippen LogP contribution in [0.5, 0.6) is 0 Å². The number of halogens is 3. The van der Waals surface area contributed by atoms with Crippen molar-refractivity contribution in [3.05, 3.63) is 48.3 Å². The molecule has 4 amide bonds. The van der Waals surface area contributed by atoms with Crippen LogP contribution in [-0.4, -0.2) is 38.8 Å². The monoisotopic (exact) mass is 452 g/mol. The number of hydrogen-bond donors (Lipinski definition) is 1. The molecule has 11 heteroatoms. The van der Waals surface area contributed by atoms with Gasteiger partial charge in [-0.3, -0.25) is 14.6 Å². The van der Waals surface area contributed by atoms with Gasteiger partial charge in [-0.05, 0) is 61.5 Å². The molecule has 0 bridgehead atoms. The summed E-state index contributed by atoms with van der Waals surface area (Å²) in [7, 11) is 0. The van der Waals surface area contributed by atoms with Crippen LogP contribution in [0, 0.1) is 0 Å². The van der Waals surface area contributed by atoms with Crippen molar-refractivity contribution >= 4 is 41.0 Å². The Kier molecular flexibility index (Phi) is 5.99. The van der Waals surface area contributed by atoms with Crippen LogP contribution in [0.25, 0.3) is 0 Å². The number of pyridine rings is 1. The molecule has 1 aliphatic rings. The Labute approximate surface area is 180 Å². The molecular weight excluding hydrogens is 433 g/mol. The van der Waals surface area contributed by atoms with Crippen molar-refractivity contribution in [3.63, 3.8) is 0 Å². The van der Waals surface area contributed by atoms with E-state index in [1.165, 1.54) is 48.5 Å². The van der Waals surface area contributed by atoms with Gasteiger partial charge in [0, 0.05) is 18.0 Å². The number of anilines is 2. The number of thioether (sulfide) groups is 1. The number of nitrogens with one attached hydrogen (secondary N) is 1. The number of imide groups is 1. The maximum absolute atomic E-state index is 13.1. The minimum atomic E-state index is -4.43. The molecule has 2 aromatic rings. The van der Waals surface area contributed by atoms with E-state index < -0.39 is 23.0 Å². The van der Waals surface area contributed by atoms with Crippen molar-refractivity contribution in [2.24, 2.45) is 0 Å². The fourth-order valence-corrected chi connectivity index (χ4v) is 3.70. The molecule has 1 fully saturated rings. The number of carbonyl (C=O) groups excluding carboxylic acids is 3. The second-order valence-electron chi connectivity index (χ2n) is 7.32. The molecule has 3 rings (SSSR count). The van der Waals surface area contributed by atoms with Crippen LogP contribution in [0.4, 0.5) is 29.3 Å². The summed E-state index contributed by atoms with van der Waals surface area (Å²) in [6.07, 6.45) is 2.95. The summed E-state index contributed by atoms with van der Waals surface area (Å²) in [6, 6.07) is 6.04. The lowest BCUT2D eigenvalue weighted by atomic mass is 10.0. The molecule has 1 aromatic heterocycles. The van der Waals surface area contributed by atoms with Crippen LogP contribution in [0.1, 0.15) is 26.3 Å². The summed E-state index contributed by atoms with van der Waals surface area (Å²) in [6.45, 7) is 4.53. The van der Waals surface area contributed by atoms with E-state index in [1.54, 1.807) is 19.9 Å². The summed E-state index contributed by atoms with van der Waals surface area (Å²) in [5, 5.41) is 2.64. The van der Waals surface area contributed by atoms with Crippen molar-refractivity contribution in [1.82, 2.24) is 9.88 Å². The highest BCUT2D eigenvalue weighted by molar-refractivity contribution is 8.00. The van der Waals surface area contributed by atoms with Gasteiger partial charge in [0.2, 0.25) is 5.91 Å². The third-order valence-corrected chi connectivity index (χ3v) is 5.44. The smallest absolute Gasteiger partial charge is 0.325 e. The summed E-state index contributed by atoms with van der Waals surface area (Å²) < 4.78 is 37.6. The molecule has 2 heterocycles. The molecule has 0 aliphatic carbocycles. The van der Waals surface area contributed by atoms with Crippen molar-refractivity contribution in [2.45, 2.75) is 43.3 Å². The lowest BCUT2D eigenvalue weighted by molar-refractivity contribution is -0.123. The van der Waals surface area contributed by atoms with Crippen LogP contribution in [0.15, 0.2) is 47.6 Å². The van der Waals surface area contributed by atoms with Crippen LogP contribution in [0.2, 0.25) is 0 Å². The number of rotatable bonds is 5. The van der Waals surface area contributed by atoms with E-state index in [1.807, 2.05) is 0 Å². The highest BCUT2D eigenvalue weighted by Gasteiger charge is 2.51. The average molecular weight is 452 g/mol. The van der Waals surface area contributed by atoms with Gasteiger partial charge in [-0.15, -0.1) is 0 Å². The number of urea groups is 1. The highest BCUT2D eigenvalue weighted by Crippen LogP contribution is 2.39. The molecule has 0 spiro atoms. The largest absolute Gasteiger partial charge is 0.446 e. The van der Waals surface area contributed by atoms with Gasteiger partial charge in [0.05, 0.1) is 24.1 Å². The Morgan fingerprint density at radius 2 is 1.81 bits per heavy atom. The molecule has 1 N–H and O–H groups in total. The van der Waals surface area contributed by atoms with Crippen LogP contribution in [-0.2, 0) is 16.1 Å². The first-order valence-electron chi connectivity index (χ1n) is 9.12. The number of hydrogen-bond acceptors (Lipinski definition) is 5. The third-order valence-electron chi connectivity index (χ3n) is 4.70. The molecule has 0 saturated carbocycles. The van der Waals surface area contributed by atoms with E-state index in [0.29, 0.717) is 11.3 Å². The molecule has 1 saturated heterocycles. The average Bonchev–Trinajstić information content (AvgIpc) is 2.82. The zero-order valence-corrected chi connectivity index (χ0v) is 17.7. The molecule has 0 unspecified atom stereocenters. The molecule has 1 aliphatic heterocycles. The van der Waals surface area contributed by atoms with Crippen molar-refractivity contribution < 1.29 is 27.6 Å². The Morgan fingerprint density at radius 1 is 1.16 bits per heavy atom. The van der Waals surface area contributed by atoms with Gasteiger partial charge in [-0.25, -0.2) is 9.69 Å². The first-order chi connectivity index (χ1) is 14.4. The summed E-state index contributed by atoms with van der Waals surface area (Å²) in [5.41, 5.74) is -4.48. The van der Waals surface area contributed by atoms with E-state index in [-0.39, 0.29) is 34.8 Å². The number of benzene rings is 1. The predicted octanol–water partition coefficient (Wildman–Crippen LogP) is 4.40. The van der Waals surface area contributed by atoms with Crippen LogP contribution in [0.3, 0.4) is 0 Å². The lowest BCUT2D eigenvalue weighted by Gasteiger charge is -2.28. The minimum absolute atomic E-state index is 0.0220. The maximum atomic E-state index is 13.1. The van der Waals surface area contributed by atoms with E-state index in [2.05, 4.69) is 10.3 Å². The summed E-state index contributed by atoms with van der Waals surface area (Å²) in [4.78, 5) is 43.8. The number of alkyl halides is 3. The molecule has 7 nitrogen and oxygen atoms in total. The first-order valence-corrected chi connectivity index (χ1v) is 9.94. The van der Waals surface area contributed by atoms with E-state index in [9.17, 15) is 27.6 Å². The van der Waals surface area contributed by atoms with E-state index >= 15 is 0 Å². The van der Waals surface area contributed by atoms with Gasteiger partial charge in [0.15, 0.2) is 0 Å². The van der Waals surface area contributed by atoms with Gasteiger partial charge in [-0.2, -0.15) is 13.2 Å². The van der Waals surface area contributed by atoms with Crippen LogP contribution < -0.4 is 10.2 Å².